The highest BCUT2D eigenvalue weighted by Gasteiger charge is 2.27. The van der Waals surface area contributed by atoms with Crippen LogP contribution in [0.3, 0.4) is 0 Å². The molecule has 2 aromatic rings. The second-order valence-corrected chi connectivity index (χ2v) is 6.95. The molecule has 0 N–H and O–H groups in total. The topological polar surface area (TPSA) is 45.0 Å². The van der Waals surface area contributed by atoms with Crippen LogP contribution in [0.15, 0.2) is 58.8 Å². The van der Waals surface area contributed by atoms with Crippen LogP contribution in [0.1, 0.15) is 26.3 Å². The fourth-order valence-electron chi connectivity index (χ4n) is 3.01. The summed E-state index contributed by atoms with van der Waals surface area (Å²) >= 11 is 0. The summed E-state index contributed by atoms with van der Waals surface area (Å²) in [6.45, 7) is 11.9. The second kappa shape index (κ2) is 9.42. The van der Waals surface area contributed by atoms with Crippen LogP contribution in [-0.4, -0.2) is 43.6 Å². The third kappa shape index (κ3) is 5.47. The molecular weight excluding hydrogens is 336 g/mol. The Morgan fingerprint density at radius 2 is 1.30 bits per heavy atom. The van der Waals surface area contributed by atoms with Crippen LogP contribution in [-0.2, 0) is 4.79 Å². The number of anilines is 1. The van der Waals surface area contributed by atoms with Crippen LogP contribution >= 0.6 is 0 Å². The Bertz CT molecular complexity index is 754. The summed E-state index contributed by atoms with van der Waals surface area (Å²) in [4.78, 5) is 14.5. The zero-order valence-electron chi connectivity index (χ0n) is 17.1. The van der Waals surface area contributed by atoms with E-state index in [2.05, 4.69) is 31.0 Å². The molecule has 0 heterocycles. The Labute approximate surface area is 162 Å². The molecule has 0 fully saturated rings. The predicted molar refractivity (Wildman–Crippen MR) is 112 cm³/mol. The molecule has 0 unspecified atom stereocenters. The first kappa shape index (κ1) is 20.8. The van der Waals surface area contributed by atoms with Gasteiger partial charge in [0, 0.05) is 12.7 Å². The van der Waals surface area contributed by atoms with Gasteiger partial charge in [-0.3, -0.25) is 4.79 Å². The SMILES string of the molecule is CC[N+](CC)(CC)CC(=O)N(C)c1ccc(N=Nc2ccc(C)cc2)cc1. The van der Waals surface area contributed by atoms with Crippen LogP contribution in [0.2, 0.25) is 0 Å². The molecule has 0 aromatic heterocycles. The van der Waals surface area contributed by atoms with E-state index in [-0.39, 0.29) is 5.91 Å². The van der Waals surface area contributed by atoms with E-state index in [1.54, 1.807) is 4.90 Å². The summed E-state index contributed by atoms with van der Waals surface area (Å²) in [5.74, 6) is 0.134. The molecule has 27 heavy (non-hydrogen) atoms. The van der Waals surface area contributed by atoms with Crippen molar-refractivity contribution < 1.29 is 9.28 Å². The lowest BCUT2D eigenvalue weighted by molar-refractivity contribution is -0.915. The molecule has 144 valence electrons. The molecule has 0 saturated carbocycles. The Morgan fingerprint density at radius 1 is 0.852 bits per heavy atom. The molecule has 5 nitrogen and oxygen atoms in total. The maximum atomic E-state index is 12.7. The number of amides is 1. The molecule has 0 saturated heterocycles. The summed E-state index contributed by atoms with van der Waals surface area (Å²) < 4.78 is 0.812. The van der Waals surface area contributed by atoms with E-state index in [1.807, 2.05) is 62.5 Å². The standard InChI is InChI=1S/C22H31N4O/c1-6-26(7-2,8-3)17-22(27)25(5)21-15-13-20(14-16-21)24-23-19-11-9-18(4)10-12-19/h9-16H,6-8,17H2,1-5H3/q+1. The molecule has 0 radical (unpaired) electrons. The largest absolute Gasteiger partial charge is 0.317 e. The summed E-state index contributed by atoms with van der Waals surface area (Å²) in [7, 11) is 1.83. The van der Waals surface area contributed by atoms with Gasteiger partial charge >= 0.3 is 0 Å². The smallest absolute Gasteiger partial charge is 0.281 e. The van der Waals surface area contributed by atoms with Gasteiger partial charge in [0.2, 0.25) is 0 Å². The van der Waals surface area contributed by atoms with E-state index < -0.39 is 0 Å². The fourth-order valence-corrected chi connectivity index (χ4v) is 3.01. The molecule has 0 bridgehead atoms. The zero-order chi connectivity index (χ0) is 19.9. The summed E-state index contributed by atoms with van der Waals surface area (Å²) in [6, 6.07) is 15.5. The molecule has 2 rings (SSSR count). The molecule has 0 atom stereocenters. The maximum absolute atomic E-state index is 12.7. The summed E-state index contributed by atoms with van der Waals surface area (Å²) in [6.07, 6.45) is 0. The highest BCUT2D eigenvalue weighted by Crippen LogP contribution is 2.22. The number of azo groups is 1. The first-order valence-corrected chi connectivity index (χ1v) is 9.63. The second-order valence-electron chi connectivity index (χ2n) is 6.95. The number of rotatable bonds is 8. The number of nitrogens with zero attached hydrogens (tertiary/aromatic N) is 4. The first-order valence-electron chi connectivity index (χ1n) is 9.63. The van der Waals surface area contributed by atoms with Crippen LogP contribution in [0.5, 0.6) is 0 Å². The lowest BCUT2D eigenvalue weighted by Gasteiger charge is -2.36. The van der Waals surface area contributed by atoms with Gasteiger partial charge in [0.05, 0.1) is 31.0 Å². The third-order valence-electron chi connectivity index (χ3n) is 5.41. The van der Waals surface area contributed by atoms with Gasteiger partial charge in [0.15, 0.2) is 6.54 Å². The van der Waals surface area contributed by atoms with E-state index in [1.165, 1.54) is 5.56 Å². The number of hydrogen-bond donors (Lipinski definition) is 0. The molecule has 0 spiro atoms. The molecule has 5 heteroatoms. The summed E-state index contributed by atoms with van der Waals surface area (Å²) in [5.41, 5.74) is 3.66. The van der Waals surface area contributed by atoms with Crippen LogP contribution < -0.4 is 4.90 Å². The normalized spacial score (nSPS) is 11.7. The molecule has 0 aliphatic carbocycles. The lowest BCUT2D eigenvalue weighted by atomic mass is 10.2. The van der Waals surface area contributed by atoms with Gasteiger partial charge in [-0.25, -0.2) is 0 Å². The van der Waals surface area contributed by atoms with E-state index in [9.17, 15) is 4.79 Å². The highest BCUT2D eigenvalue weighted by molar-refractivity contribution is 5.93. The van der Waals surface area contributed by atoms with Crippen molar-refractivity contribution in [2.45, 2.75) is 27.7 Å². The number of aryl methyl sites for hydroxylation is 1. The van der Waals surface area contributed by atoms with E-state index in [0.29, 0.717) is 6.54 Å². The average Bonchev–Trinajstić information content (AvgIpc) is 2.71. The van der Waals surface area contributed by atoms with Gasteiger partial charge in [-0.15, -0.1) is 0 Å². The minimum atomic E-state index is 0.134. The van der Waals surface area contributed by atoms with E-state index >= 15 is 0 Å². The number of quaternary nitrogens is 1. The van der Waals surface area contributed by atoms with E-state index in [0.717, 1.165) is 41.2 Å². The Morgan fingerprint density at radius 3 is 1.74 bits per heavy atom. The Balaban J connectivity index is 2.05. The number of hydrogen-bond acceptors (Lipinski definition) is 3. The van der Waals surface area contributed by atoms with Crippen molar-refractivity contribution >= 4 is 23.0 Å². The molecule has 0 aliphatic rings. The van der Waals surface area contributed by atoms with E-state index in [4.69, 9.17) is 0 Å². The third-order valence-corrected chi connectivity index (χ3v) is 5.41. The minimum absolute atomic E-state index is 0.134. The van der Waals surface area contributed by atoms with Gasteiger partial charge in [0.25, 0.3) is 5.91 Å². The summed E-state index contributed by atoms with van der Waals surface area (Å²) in [5, 5.41) is 8.52. The quantitative estimate of drug-likeness (QED) is 0.464. The molecule has 1 amide bonds. The van der Waals surface area contributed by atoms with Crippen LogP contribution in [0.4, 0.5) is 17.1 Å². The van der Waals surface area contributed by atoms with Gasteiger partial charge < -0.3 is 9.38 Å². The number of likely N-dealkylation sites (N-methyl/N-ethyl adjacent to an activating group) is 2. The maximum Gasteiger partial charge on any atom is 0.281 e. The van der Waals surface area contributed by atoms with Gasteiger partial charge in [-0.2, -0.15) is 10.2 Å². The van der Waals surface area contributed by atoms with Crippen LogP contribution in [0.25, 0.3) is 0 Å². The van der Waals surface area contributed by atoms with Crippen molar-refractivity contribution in [3.63, 3.8) is 0 Å². The lowest BCUT2D eigenvalue weighted by Crippen LogP contribution is -2.53. The Hall–Kier alpha value is -2.53. The number of benzene rings is 2. The van der Waals surface area contributed by atoms with Crippen molar-refractivity contribution in [3.8, 4) is 0 Å². The number of carbonyl (C=O) groups excluding carboxylic acids is 1. The average molecular weight is 368 g/mol. The Kier molecular flexibility index (Phi) is 7.25. The van der Waals surface area contributed by atoms with Gasteiger partial charge in [0.1, 0.15) is 0 Å². The minimum Gasteiger partial charge on any atom is -0.317 e. The zero-order valence-corrected chi connectivity index (χ0v) is 17.1. The molecule has 0 aliphatic heterocycles. The van der Waals surface area contributed by atoms with Gasteiger partial charge in [-0.1, -0.05) is 17.7 Å². The van der Waals surface area contributed by atoms with Crippen molar-refractivity contribution in [1.29, 1.82) is 0 Å². The monoisotopic (exact) mass is 367 g/mol. The highest BCUT2D eigenvalue weighted by atomic mass is 16.2. The predicted octanol–water partition coefficient (Wildman–Crippen LogP) is 5.25. The van der Waals surface area contributed by atoms with Crippen molar-refractivity contribution in [3.05, 3.63) is 54.1 Å². The van der Waals surface area contributed by atoms with Crippen molar-refractivity contribution in [2.75, 3.05) is 38.1 Å². The number of carbonyl (C=O) groups is 1. The van der Waals surface area contributed by atoms with Crippen LogP contribution in [0, 0.1) is 6.92 Å². The fraction of sp³-hybridized carbons (Fsp3) is 0.409. The van der Waals surface area contributed by atoms with Crippen molar-refractivity contribution in [1.82, 2.24) is 0 Å². The first-order chi connectivity index (χ1) is 12.9. The van der Waals surface area contributed by atoms with Crippen molar-refractivity contribution in [2.24, 2.45) is 10.2 Å². The molecule has 2 aromatic carbocycles. The van der Waals surface area contributed by atoms with Gasteiger partial charge in [-0.05, 0) is 64.1 Å². The molecular formula is C22H31N4O+.